The lowest BCUT2D eigenvalue weighted by Crippen LogP contribution is -2.09. The zero-order valence-electron chi connectivity index (χ0n) is 10.8. The first-order valence-electron chi connectivity index (χ1n) is 6.28. The lowest BCUT2D eigenvalue weighted by atomic mass is 9.95. The van der Waals surface area contributed by atoms with Crippen LogP contribution in [-0.4, -0.2) is 11.9 Å². The topological polar surface area (TPSA) is 52.6 Å². The van der Waals surface area contributed by atoms with Crippen LogP contribution in [0.1, 0.15) is 43.2 Å². The van der Waals surface area contributed by atoms with Gasteiger partial charge in [0.2, 0.25) is 0 Å². The second kappa shape index (κ2) is 4.23. The van der Waals surface area contributed by atoms with Gasteiger partial charge in [-0.05, 0) is 18.6 Å². The van der Waals surface area contributed by atoms with Crippen molar-refractivity contribution in [2.45, 2.75) is 32.1 Å². The largest absolute Gasteiger partial charge is 0.426 e. The quantitative estimate of drug-likeness (QED) is 0.465. The SMILES string of the molecule is CC(=O)Oc1ccc(OC(C)=O)c2c1[C@@H]1C=C[C@@H]2C1. The van der Waals surface area contributed by atoms with Crippen LogP contribution in [0.5, 0.6) is 11.5 Å². The summed E-state index contributed by atoms with van der Waals surface area (Å²) in [5, 5.41) is 0. The molecular formula is C15H14O4. The van der Waals surface area contributed by atoms with Crippen LogP contribution in [0.2, 0.25) is 0 Å². The minimum absolute atomic E-state index is 0.254. The highest BCUT2D eigenvalue weighted by atomic mass is 16.5. The average molecular weight is 258 g/mol. The zero-order valence-corrected chi connectivity index (χ0v) is 10.8. The normalized spacial score (nSPS) is 22.2. The smallest absolute Gasteiger partial charge is 0.308 e. The van der Waals surface area contributed by atoms with Gasteiger partial charge in [-0.1, -0.05) is 12.2 Å². The summed E-state index contributed by atoms with van der Waals surface area (Å²) in [6.45, 7) is 2.77. The van der Waals surface area contributed by atoms with Gasteiger partial charge >= 0.3 is 11.9 Å². The van der Waals surface area contributed by atoms with E-state index in [4.69, 9.17) is 9.47 Å². The van der Waals surface area contributed by atoms with E-state index >= 15 is 0 Å². The van der Waals surface area contributed by atoms with Crippen LogP contribution in [-0.2, 0) is 9.59 Å². The molecule has 2 bridgehead atoms. The fourth-order valence-corrected chi connectivity index (χ4v) is 2.98. The van der Waals surface area contributed by atoms with Crippen molar-refractivity contribution in [3.63, 3.8) is 0 Å². The number of hydrogen-bond acceptors (Lipinski definition) is 4. The fraction of sp³-hybridized carbons (Fsp3) is 0.333. The summed E-state index contributed by atoms with van der Waals surface area (Å²) in [5.74, 6) is 0.989. The molecule has 0 saturated carbocycles. The number of allylic oxidation sites excluding steroid dienone is 2. The van der Waals surface area contributed by atoms with Gasteiger partial charge in [-0.3, -0.25) is 9.59 Å². The van der Waals surface area contributed by atoms with E-state index in [-0.39, 0.29) is 23.8 Å². The van der Waals surface area contributed by atoms with Crippen molar-refractivity contribution in [2.24, 2.45) is 0 Å². The molecule has 4 heteroatoms. The average Bonchev–Trinajstić information content (AvgIpc) is 2.91. The monoisotopic (exact) mass is 258 g/mol. The Bertz CT molecular complexity index is 549. The second-order valence-corrected chi connectivity index (χ2v) is 4.91. The van der Waals surface area contributed by atoms with Crippen LogP contribution < -0.4 is 9.47 Å². The van der Waals surface area contributed by atoms with Crippen LogP contribution in [0.4, 0.5) is 0 Å². The predicted molar refractivity (Wildman–Crippen MR) is 68.3 cm³/mol. The third-order valence-electron chi connectivity index (χ3n) is 3.54. The number of hydrogen-bond donors (Lipinski definition) is 0. The number of fused-ring (bicyclic) bond motifs is 5. The molecule has 0 N–H and O–H groups in total. The molecule has 1 aromatic carbocycles. The molecule has 0 spiro atoms. The second-order valence-electron chi connectivity index (χ2n) is 4.91. The van der Waals surface area contributed by atoms with E-state index in [1.165, 1.54) is 13.8 Å². The Morgan fingerprint density at radius 1 is 0.947 bits per heavy atom. The first-order chi connectivity index (χ1) is 9.06. The molecular weight excluding hydrogens is 244 g/mol. The van der Waals surface area contributed by atoms with Crippen molar-refractivity contribution in [1.82, 2.24) is 0 Å². The third kappa shape index (κ3) is 1.93. The number of ether oxygens (including phenoxy) is 2. The van der Waals surface area contributed by atoms with Crippen molar-refractivity contribution < 1.29 is 19.1 Å². The van der Waals surface area contributed by atoms with Crippen LogP contribution in [0.15, 0.2) is 24.3 Å². The molecule has 0 aromatic heterocycles. The highest BCUT2D eigenvalue weighted by Gasteiger charge is 2.38. The third-order valence-corrected chi connectivity index (χ3v) is 3.54. The van der Waals surface area contributed by atoms with Crippen LogP contribution in [0, 0.1) is 0 Å². The Morgan fingerprint density at radius 2 is 1.37 bits per heavy atom. The summed E-state index contributed by atoms with van der Waals surface area (Å²) in [7, 11) is 0. The Balaban J connectivity index is 2.09. The number of rotatable bonds is 2. The molecule has 0 fully saturated rings. The molecule has 0 amide bonds. The highest BCUT2D eigenvalue weighted by molar-refractivity contribution is 5.74. The standard InChI is InChI=1S/C15H14O4/c1-8(16)18-12-5-6-13(19-9(2)17)15-11-4-3-10(7-11)14(12)15/h3-6,10-11H,7H2,1-2H3/t10-,11-/m1/s1. The molecule has 4 nitrogen and oxygen atoms in total. The van der Waals surface area contributed by atoms with Gasteiger partial charge in [-0.25, -0.2) is 0 Å². The molecule has 2 atom stereocenters. The molecule has 98 valence electrons. The van der Waals surface area contributed by atoms with E-state index in [1.54, 1.807) is 12.1 Å². The minimum Gasteiger partial charge on any atom is -0.426 e. The maximum Gasteiger partial charge on any atom is 0.308 e. The Morgan fingerprint density at radius 3 is 1.74 bits per heavy atom. The molecule has 0 unspecified atom stereocenters. The van der Waals surface area contributed by atoms with Gasteiger partial charge in [0.1, 0.15) is 11.5 Å². The van der Waals surface area contributed by atoms with Crippen molar-refractivity contribution in [2.75, 3.05) is 0 Å². The Kier molecular flexibility index (Phi) is 2.66. The first-order valence-corrected chi connectivity index (χ1v) is 6.28. The number of carbonyl (C=O) groups is 2. The van der Waals surface area contributed by atoms with Crippen molar-refractivity contribution >= 4 is 11.9 Å². The summed E-state index contributed by atoms with van der Waals surface area (Å²) < 4.78 is 10.5. The van der Waals surface area contributed by atoms with E-state index in [9.17, 15) is 9.59 Å². The fourth-order valence-electron chi connectivity index (χ4n) is 2.98. The van der Waals surface area contributed by atoms with E-state index in [2.05, 4.69) is 12.2 Å². The predicted octanol–water partition coefficient (Wildman–Crippen LogP) is 2.68. The van der Waals surface area contributed by atoms with E-state index in [0.29, 0.717) is 11.5 Å². The zero-order chi connectivity index (χ0) is 13.6. The molecule has 3 rings (SSSR count). The summed E-state index contributed by atoms with van der Waals surface area (Å²) in [4.78, 5) is 22.3. The van der Waals surface area contributed by atoms with E-state index in [0.717, 1.165) is 17.5 Å². The van der Waals surface area contributed by atoms with Gasteiger partial charge in [0, 0.05) is 36.8 Å². The number of benzene rings is 1. The molecule has 2 aliphatic carbocycles. The van der Waals surface area contributed by atoms with E-state index < -0.39 is 0 Å². The van der Waals surface area contributed by atoms with Crippen molar-refractivity contribution in [3.8, 4) is 11.5 Å². The lowest BCUT2D eigenvalue weighted by molar-refractivity contribution is -0.133. The Hall–Kier alpha value is -2.10. The lowest BCUT2D eigenvalue weighted by Gasteiger charge is -2.18. The van der Waals surface area contributed by atoms with Gasteiger partial charge in [-0.15, -0.1) is 0 Å². The van der Waals surface area contributed by atoms with Gasteiger partial charge in [-0.2, -0.15) is 0 Å². The van der Waals surface area contributed by atoms with Crippen LogP contribution >= 0.6 is 0 Å². The number of esters is 2. The van der Waals surface area contributed by atoms with Gasteiger partial charge in [0.15, 0.2) is 0 Å². The molecule has 2 aliphatic rings. The van der Waals surface area contributed by atoms with Crippen LogP contribution in [0.3, 0.4) is 0 Å². The molecule has 0 saturated heterocycles. The van der Waals surface area contributed by atoms with Gasteiger partial charge in [0.25, 0.3) is 0 Å². The van der Waals surface area contributed by atoms with Gasteiger partial charge < -0.3 is 9.47 Å². The minimum atomic E-state index is -0.339. The molecule has 19 heavy (non-hydrogen) atoms. The summed E-state index contributed by atoms with van der Waals surface area (Å²) in [6, 6.07) is 3.40. The van der Waals surface area contributed by atoms with E-state index in [1.807, 2.05) is 0 Å². The molecule has 0 heterocycles. The Labute approximate surface area is 111 Å². The van der Waals surface area contributed by atoms with Gasteiger partial charge in [0.05, 0.1) is 0 Å². The van der Waals surface area contributed by atoms with Crippen molar-refractivity contribution in [3.05, 3.63) is 35.4 Å². The molecule has 0 radical (unpaired) electrons. The molecule has 0 aliphatic heterocycles. The highest BCUT2D eigenvalue weighted by Crippen LogP contribution is 2.55. The first kappa shape index (κ1) is 12.0. The number of carbonyl (C=O) groups excluding carboxylic acids is 2. The van der Waals surface area contributed by atoms with Crippen molar-refractivity contribution in [1.29, 1.82) is 0 Å². The summed E-state index contributed by atoms with van der Waals surface area (Å²) >= 11 is 0. The summed E-state index contributed by atoms with van der Waals surface area (Å²) in [6.07, 6.45) is 5.21. The maximum atomic E-state index is 11.2. The molecule has 1 aromatic rings. The van der Waals surface area contributed by atoms with Crippen LogP contribution in [0.25, 0.3) is 0 Å². The maximum absolute atomic E-state index is 11.2. The summed E-state index contributed by atoms with van der Waals surface area (Å²) in [5.41, 5.74) is 1.97.